The summed E-state index contributed by atoms with van der Waals surface area (Å²) in [7, 11) is 0. The second kappa shape index (κ2) is 5.40. The van der Waals surface area contributed by atoms with Gasteiger partial charge in [0.1, 0.15) is 18.1 Å². The van der Waals surface area contributed by atoms with Crippen LogP contribution < -0.4 is 4.74 Å². The molecular formula is C11H14O3. The highest BCUT2D eigenvalue weighted by Crippen LogP contribution is 2.18. The fourth-order valence-corrected chi connectivity index (χ4v) is 1.21. The Labute approximate surface area is 83.3 Å². The third kappa shape index (κ3) is 3.18. The minimum absolute atomic E-state index is 0.0194. The summed E-state index contributed by atoms with van der Waals surface area (Å²) in [4.78, 5) is 10.9. The van der Waals surface area contributed by atoms with E-state index in [0.29, 0.717) is 12.2 Å². The lowest BCUT2D eigenvalue weighted by molar-refractivity contribution is -0.116. The summed E-state index contributed by atoms with van der Waals surface area (Å²) >= 11 is 0. The SMILES string of the molecule is CC(=O)Cc1ccccc1OCCO. The summed E-state index contributed by atoms with van der Waals surface area (Å²) < 4.78 is 5.28. The van der Waals surface area contributed by atoms with Gasteiger partial charge in [-0.3, -0.25) is 4.79 Å². The van der Waals surface area contributed by atoms with Crippen molar-refractivity contribution in [1.82, 2.24) is 0 Å². The second-order valence-electron chi connectivity index (χ2n) is 3.06. The van der Waals surface area contributed by atoms with Crippen LogP contribution in [0.15, 0.2) is 24.3 Å². The monoisotopic (exact) mass is 194 g/mol. The zero-order valence-electron chi connectivity index (χ0n) is 8.19. The molecule has 0 fully saturated rings. The minimum atomic E-state index is -0.0194. The Morgan fingerprint density at radius 2 is 2.14 bits per heavy atom. The molecule has 3 nitrogen and oxygen atoms in total. The average molecular weight is 194 g/mol. The number of carbonyl (C=O) groups excluding carboxylic acids is 1. The highest BCUT2D eigenvalue weighted by Gasteiger charge is 2.04. The first-order valence-corrected chi connectivity index (χ1v) is 4.55. The van der Waals surface area contributed by atoms with Gasteiger partial charge in [0.05, 0.1) is 6.61 Å². The maximum atomic E-state index is 10.9. The summed E-state index contributed by atoms with van der Waals surface area (Å²) in [5.74, 6) is 0.779. The van der Waals surface area contributed by atoms with Crippen LogP contribution in [0.25, 0.3) is 0 Å². The molecule has 0 aliphatic heterocycles. The molecule has 0 saturated carbocycles. The molecule has 0 bridgehead atoms. The first kappa shape index (κ1) is 10.7. The third-order valence-corrected chi connectivity index (χ3v) is 1.76. The number of hydrogen-bond acceptors (Lipinski definition) is 3. The van der Waals surface area contributed by atoms with Crippen molar-refractivity contribution in [2.24, 2.45) is 0 Å². The molecule has 0 aromatic heterocycles. The largest absolute Gasteiger partial charge is 0.491 e. The smallest absolute Gasteiger partial charge is 0.134 e. The van der Waals surface area contributed by atoms with Gasteiger partial charge in [-0.25, -0.2) is 0 Å². The van der Waals surface area contributed by atoms with Crippen molar-refractivity contribution in [1.29, 1.82) is 0 Å². The molecule has 3 heteroatoms. The standard InChI is InChI=1S/C11H14O3/c1-9(13)8-10-4-2-3-5-11(10)14-7-6-12/h2-5,12H,6-8H2,1H3. The van der Waals surface area contributed by atoms with Gasteiger partial charge in [-0.15, -0.1) is 0 Å². The summed E-state index contributed by atoms with van der Waals surface area (Å²) in [6, 6.07) is 7.36. The van der Waals surface area contributed by atoms with Crippen LogP contribution in [-0.4, -0.2) is 24.1 Å². The van der Waals surface area contributed by atoms with E-state index < -0.39 is 0 Å². The van der Waals surface area contributed by atoms with E-state index in [-0.39, 0.29) is 19.0 Å². The first-order chi connectivity index (χ1) is 6.74. The highest BCUT2D eigenvalue weighted by molar-refractivity contribution is 5.78. The molecule has 0 heterocycles. The van der Waals surface area contributed by atoms with Gasteiger partial charge < -0.3 is 9.84 Å². The van der Waals surface area contributed by atoms with E-state index in [1.54, 1.807) is 13.0 Å². The number of ether oxygens (including phenoxy) is 1. The fourth-order valence-electron chi connectivity index (χ4n) is 1.21. The number of carbonyl (C=O) groups is 1. The molecule has 0 radical (unpaired) electrons. The van der Waals surface area contributed by atoms with E-state index in [1.807, 2.05) is 18.2 Å². The molecule has 0 spiro atoms. The van der Waals surface area contributed by atoms with Gasteiger partial charge in [0, 0.05) is 12.0 Å². The molecule has 76 valence electrons. The summed E-state index contributed by atoms with van der Waals surface area (Å²) in [6.07, 6.45) is 0.377. The average Bonchev–Trinajstić information content (AvgIpc) is 2.16. The summed E-state index contributed by atoms with van der Waals surface area (Å²) in [6.45, 7) is 1.78. The third-order valence-electron chi connectivity index (χ3n) is 1.76. The number of Topliss-reactive ketones (excluding diaryl/α,β-unsaturated/α-hetero) is 1. The molecule has 14 heavy (non-hydrogen) atoms. The number of rotatable bonds is 5. The fraction of sp³-hybridized carbons (Fsp3) is 0.364. The Balaban J connectivity index is 2.74. The second-order valence-corrected chi connectivity index (χ2v) is 3.06. The van der Waals surface area contributed by atoms with E-state index in [9.17, 15) is 4.79 Å². The van der Waals surface area contributed by atoms with Crippen molar-refractivity contribution in [2.75, 3.05) is 13.2 Å². The van der Waals surface area contributed by atoms with Gasteiger partial charge in [-0.1, -0.05) is 18.2 Å². The number of aliphatic hydroxyl groups excluding tert-OH is 1. The maximum Gasteiger partial charge on any atom is 0.134 e. The van der Waals surface area contributed by atoms with Crippen molar-refractivity contribution >= 4 is 5.78 Å². The zero-order chi connectivity index (χ0) is 10.4. The molecule has 0 aliphatic carbocycles. The van der Waals surface area contributed by atoms with Gasteiger partial charge in [-0.2, -0.15) is 0 Å². The van der Waals surface area contributed by atoms with Gasteiger partial charge in [0.15, 0.2) is 0 Å². The van der Waals surface area contributed by atoms with E-state index >= 15 is 0 Å². The van der Waals surface area contributed by atoms with Crippen LogP contribution >= 0.6 is 0 Å². The predicted molar refractivity (Wildman–Crippen MR) is 53.4 cm³/mol. The summed E-state index contributed by atoms with van der Waals surface area (Å²) in [5, 5.41) is 8.61. The molecule has 0 aliphatic rings. The Hall–Kier alpha value is -1.35. The Bertz CT molecular complexity index is 307. The topological polar surface area (TPSA) is 46.5 Å². The lowest BCUT2D eigenvalue weighted by atomic mass is 10.1. The van der Waals surface area contributed by atoms with E-state index in [4.69, 9.17) is 9.84 Å². The molecule has 1 N–H and O–H groups in total. The number of ketones is 1. The van der Waals surface area contributed by atoms with Crippen molar-refractivity contribution in [3.8, 4) is 5.75 Å². The molecule has 1 aromatic carbocycles. The van der Waals surface area contributed by atoms with Crippen LogP contribution in [0.3, 0.4) is 0 Å². The van der Waals surface area contributed by atoms with Crippen LogP contribution in [0.1, 0.15) is 12.5 Å². The minimum Gasteiger partial charge on any atom is -0.491 e. The van der Waals surface area contributed by atoms with E-state index in [0.717, 1.165) is 5.56 Å². The van der Waals surface area contributed by atoms with Gasteiger partial charge >= 0.3 is 0 Å². The zero-order valence-corrected chi connectivity index (χ0v) is 8.19. The lowest BCUT2D eigenvalue weighted by Crippen LogP contribution is -2.05. The van der Waals surface area contributed by atoms with Crippen LogP contribution in [0.5, 0.6) is 5.75 Å². The maximum absolute atomic E-state index is 10.9. The van der Waals surface area contributed by atoms with Crippen molar-refractivity contribution in [3.63, 3.8) is 0 Å². The number of para-hydroxylation sites is 1. The number of aliphatic hydroxyl groups is 1. The lowest BCUT2D eigenvalue weighted by Gasteiger charge is -2.08. The molecule has 1 aromatic rings. The molecule has 0 saturated heterocycles. The quantitative estimate of drug-likeness (QED) is 0.765. The van der Waals surface area contributed by atoms with E-state index in [1.165, 1.54) is 0 Å². The molecule has 1 rings (SSSR count). The molecular weight excluding hydrogens is 180 g/mol. The van der Waals surface area contributed by atoms with Gasteiger partial charge in [-0.05, 0) is 13.0 Å². The van der Waals surface area contributed by atoms with Gasteiger partial charge in [0.25, 0.3) is 0 Å². The highest BCUT2D eigenvalue weighted by atomic mass is 16.5. The molecule has 0 unspecified atom stereocenters. The first-order valence-electron chi connectivity index (χ1n) is 4.55. The molecule has 0 atom stereocenters. The Morgan fingerprint density at radius 1 is 1.43 bits per heavy atom. The Morgan fingerprint density at radius 3 is 2.79 bits per heavy atom. The van der Waals surface area contributed by atoms with Crippen LogP contribution in [-0.2, 0) is 11.2 Å². The predicted octanol–water partition coefficient (Wildman–Crippen LogP) is 1.19. The van der Waals surface area contributed by atoms with Crippen molar-refractivity contribution in [3.05, 3.63) is 29.8 Å². The summed E-state index contributed by atoms with van der Waals surface area (Å²) in [5.41, 5.74) is 0.869. The van der Waals surface area contributed by atoms with Crippen LogP contribution in [0.4, 0.5) is 0 Å². The van der Waals surface area contributed by atoms with Crippen LogP contribution in [0, 0.1) is 0 Å². The number of hydrogen-bond donors (Lipinski definition) is 1. The molecule has 0 amide bonds. The van der Waals surface area contributed by atoms with Crippen molar-refractivity contribution in [2.45, 2.75) is 13.3 Å². The normalized spacial score (nSPS) is 9.86. The van der Waals surface area contributed by atoms with E-state index in [2.05, 4.69) is 0 Å². The van der Waals surface area contributed by atoms with Crippen molar-refractivity contribution < 1.29 is 14.6 Å². The van der Waals surface area contributed by atoms with Gasteiger partial charge in [0.2, 0.25) is 0 Å². The van der Waals surface area contributed by atoms with Crippen LogP contribution in [0.2, 0.25) is 0 Å². The Kier molecular flexibility index (Phi) is 4.13. The number of benzene rings is 1.